The number of fused-ring (bicyclic) bond motifs is 1. The number of hydrogen-bond donors (Lipinski definition) is 0. The maximum Gasteiger partial charge on any atom is 0.254 e. The highest BCUT2D eigenvalue weighted by Crippen LogP contribution is 2.45. The number of amides is 2. The highest BCUT2D eigenvalue weighted by atomic mass is 32.1. The molecule has 5 rings (SSSR count). The van der Waals surface area contributed by atoms with E-state index in [1.54, 1.807) is 18.4 Å². The van der Waals surface area contributed by atoms with E-state index in [4.69, 9.17) is 4.74 Å². The van der Waals surface area contributed by atoms with E-state index >= 15 is 0 Å². The molecule has 2 aliphatic heterocycles. The van der Waals surface area contributed by atoms with Crippen LogP contribution in [0, 0.1) is 13.8 Å². The summed E-state index contributed by atoms with van der Waals surface area (Å²) in [5.41, 5.74) is 5.29. The minimum Gasteiger partial charge on any atom is -0.383 e. The molecule has 0 saturated carbocycles. The third-order valence-electron chi connectivity index (χ3n) is 7.56. The first-order chi connectivity index (χ1) is 18.0. The van der Waals surface area contributed by atoms with Gasteiger partial charge in [-0.2, -0.15) is 0 Å². The Bertz CT molecular complexity index is 1260. The molecular formula is C30H35N3O3S. The molecule has 37 heavy (non-hydrogen) atoms. The summed E-state index contributed by atoms with van der Waals surface area (Å²) in [6.45, 7) is 8.24. The lowest BCUT2D eigenvalue weighted by atomic mass is 9.81. The molecule has 3 aromatic rings. The number of carbonyl (C=O) groups excluding carboxylic acids is 2. The Balaban J connectivity index is 1.47. The van der Waals surface area contributed by atoms with Gasteiger partial charge < -0.3 is 14.5 Å². The third-order valence-corrected chi connectivity index (χ3v) is 8.50. The Morgan fingerprint density at radius 3 is 2.70 bits per heavy atom. The molecular weight excluding hydrogens is 482 g/mol. The highest BCUT2D eigenvalue weighted by molar-refractivity contribution is 7.10. The van der Waals surface area contributed by atoms with Crippen molar-refractivity contribution < 1.29 is 14.3 Å². The average Bonchev–Trinajstić information content (AvgIpc) is 3.45. The number of methoxy groups -OCH3 is 1. The first kappa shape index (κ1) is 25.6. The van der Waals surface area contributed by atoms with Crippen molar-refractivity contribution in [2.75, 3.05) is 40.0 Å². The van der Waals surface area contributed by atoms with E-state index in [2.05, 4.69) is 36.9 Å². The first-order valence-corrected chi connectivity index (χ1v) is 13.9. The summed E-state index contributed by atoms with van der Waals surface area (Å²) >= 11 is 1.60. The van der Waals surface area contributed by atoms with Gasteiger partial charge in [0.25, 0.3) is 5.91 Å². The van der Waals surface area contributed by atoms with Gasteiger partial charge in [0.1, 0.15) is 0 Å². The molecule has 1 fully saturated rings. The lowest BCUT2D eigenvalue weighted by Gasteiger charge is -2.44. The van der Waals surface area contributed by atoms with Gasteiger partial charge in [0, 0.05) is 43.7 Å². The number of carbonyl (C=O) groups is 2. The van der Waals surface area contributed by atoms with Crippen molar-refractivity contribution in [3.8, 4) is 0 Å². The Kier molecular flexibility index (Phi) is 7.74. The smallest absolute Gasteiger partial charge is 0.254 e. The van der Waals surface area contributed by atoms with Gasteiger partial charge in [-0.3, -0.25) is 14.5 Å². The maximum absolute atomic E-state index is 14.4. The standard InChI is InChI=1S/C30H35N3O3S/c1-21-11-12-22(2)23(18-21)19-31-13-7-14-32(20-31)30(35)27-24-8-4-5-9-25(24)29(34)33(15-16-36-3)28(27)26-10-6-17-37-26/h4-6,8-12,17-18,27-28H,7,13-16,19-20H2,1-3H3. The fraction of sp³-hybridized carbons (Fsp3) is 0.400. The zero-order valence-electron chi connectivity index (χ0n) is 21.9. The summed E-state index contributed by atoms with van der Waals surface area (Å²) in [6.07, 6.45) is 0.932. The Morgan fingerprint density at radius 1 is 1.08 bits per heavy atom. The van der Waals surface area contributed by atoms with E-state index in [0.717, 1.165) is 36.5 Å². The number of hydrogen-bond acceptors (Lipinski definition) is 5. The molecule has 7 heteroatoms. The zero-order chi connectivity index (χ0) is 25.9. The molecule has 2 aliphatic rings. The number of benzene rings is 2. The summed E-state index contributed by atoms with van der Waals surface area (Å²) in [5.74, 6) is -0.401. The highest BCUT2D eigenvalue weighted by Gasteiger charge is 2.46. The molecule has 2 aromatic carbocycles. The monoisotopic (exact) mass is 517 g/mol. The second-order valence-electron chi connectivity index (χ2n) is 10.1. The van der Waals surface area contributed by atoms with Crippen molar-refractivity contribution >= 4 is 23.2 Å². The lowest BCUT2D eigenvalue weighted by Crippen LogP contribution is -2.53. The van der Waals surface area contributed by atoms with E-state index in [1.807, 2.05) is 51.6 Å². The van der Waals surface area contributed by atoms with Crippen molar-refractivity contribution in [1.29, 1.82) is 0 Å². The summed E-state index contributed by atoms with van der Waals surface area (Å²) < 4.78 is 5.35. The summed E-state index contributed by atoms with van der Waals surface area (Å²) in [4.78, 5) is 35.3. The fourth-order valence-corrected chi connectivity index (χ4v) is 6.53. The van der Waals surface area contributed by atoms with Crippen LogP contribution in [0.4, 0.5) is 0 Å². The van der Waals surface area contributed by atoms with Crippen LogP contribution in [0.1, 0.15) is 55.9 Å². The second kappa shape index (κ2) is 11.2. The first-order valence-electron chi connectivity index (χ1n) is 13.0. The Labute approximate surface area is 223 Å². The minimum atomic E-state index is -0.454. The molecule has 0 aliphatic carbocycles. The van der Waals surface area contributed by atoms with Crippen molar-refractivity contribution in [1.82, 2.24) is 14.7 Å². The molecule has 0 spiro atoms. The number of aryl methyl sites for hydroxylation is 2. The predicted octanol–water partition coefficient (Wildman–Crippen LogP) is 4.98. The zero-order valence-corrected chi connectivity index (χ0v) is 22.7. The molecule has 0 N–H and O–H groups in total. The fourth-order valence-electron chi connectivity index (χ4n) is 5.65. The Morgan fingerprint density at radius 2 is 1.92 bits per heavy atom. The molecule has 2 amide bonds. The maximum atomic E-state index is 14.4. The van der Waals surface area contributed by atoms with Crippen LogP contribution in [-0.2, 0) is 16.1 Å². The van der Waals surface area contributed by atoms with Crippen LogP contribution in [0.2, 0.25) is 0 Å². The number of ether oxygens (including phenoxy) is 1. The molecule has 6 nitrogen and oxygen atoms in total. The summed E-state index contributed by atoms with van der Waals surface area (Å²) in [7, 11) is 1.64. The van der Waals surface area contributed by atoms with E-state index < -0.39 is 5.92 Å². The van der Waals surface area contributed by atoms with Crippen molar-refractivity contribution in [2.45, 2.75) is 38.8 Å². The van der Waals surface area contributed by atoms with Gasteiger partial charge in [-0.1, -0.05) is 48.0 Å². The van der Waals surface area contributed by atoms with Gasteiger partial charge in [-0.05, 0) is 54.5 Å². The normalized spacial score (nSPS) is 20.2. The second-order valence-corrected chi connectivity index (χ2v) is 11.1. The van der Waals surface area contributed by atoms with E-state index in [9.17, 15) is 9.59 Å². The van der Waals surface area contributed by atoms with Crippen LogP contribution < -0.4 is 0 Å². The van der Waals surface area contributed by atoms with Crippen LogP contribution in [0.5, 0.6) is 0 Å². The van der Waals surface area contributed by atoms with Crippen molar-refractivity contribution in [3.63, 3.8) is 0 Å². The third kappa shape index (κ3) is 5.21. The molecule has 2 unspecified atom stereocenters. The molecule has 1 saturated heterocycles. The quantitative estimate of drug-likeness (QED) is 0.443. The van der Waals surface area contributed by atoms with Gasteiger partial charge in [-0.15, -0.1) is 11.3 Å². The van der Waals surface area contributed by atoms with E-state index in [0.29, 0.717) is 25.4 Å². The molecule has 3 heterocycles. The lowest BCUT2D eigenvalue weighted by molar-refractivity contribution is -0.139. The van der Waals surface area contributed by atoms with E-state index in [1.165, 1.54) is 16.7 Å². The SMILES string of the molecule is COCCN1C(=O)c2ccccc2C(C(=O)N2CCCN(Cc3cc(C)ccc3C)C2)C1c1cccs1. The van der Waals surface area contributed by atoms with Crippen molar-refractivity contribution in [3.05, 3.63) is 92.7 Å². The van der Waals surface area contributed by atoms with Crippen LogP contribution >= 0.6 is 11.3 Å². The number of thiophene rings is 1. The molecule has 0 radical (unpaired) electrons. The van der Waals surface area contributed by atoms with Crippen LogP contribution in [0.25, 0.3) is 0 Å². The van der Waals surface area contributed by atoms with Gasteiger partial charge in [0.05, 0.1) is 25.2 Å². The van der Waals surface area contributed by atoms with Crippen LogP contribution in [0.3, 0.4) is 0 Å². The predicted molar refractivity (Wildman–Crippen MR) is 147 cm³/mol. The number of rotatable bonds is 7. The average molecular weight is 518 g/mol. The van der Waals surface area contributed by atoms with Crippen LogP contribution in [-0.4, -0.2) is 66.5 Å². The largest absolute Gasteiger partial charge is 0.383 e. The molecule has 1 aromatic heterocycles. The summed E-state index contributed by atoms with van der Waals surface area (Å²) in [5, 5.41) is 2.02. The van der Waals surface area contributed by atoms with Gasteiger partial charge in [0.15, 0.2) is 0 Å². The molecule has 2 atom stereocenters. The van der Waals surface area contributed by atoms with Gasteiger partial charge in [0.2, 0.25) is 5.91 Å². The topological polar surface area (TPSA) is 53.1 Å². The van der Waals surface area contributed by atoms with Crippen LogP contribution in [0.15, 0.2) is 60.0 Å². The molecule has 0 bridgehead atoms. The van der Waals surface area contributed by atoms with Gasteiger partial charge >= 0.3 is 0 Å². The summed E-state index contributed by atoms with van der Waals surface area (Å²) in [6, 6.07) is 17.9. The number of nitrogens with zero attached hydrogens (tertiary/aromatic N) is 3. The van der Waals surface area contributed by atoms with Crippen molar-refractivity contribution in [2.24, 2.45) is 0 Å². The van der Waals surface area contributed by atoms with E-state index in [-0.39, 0.29) is 17.9 Å². The molecule has 194 valence electrons. The Hall–Kier alpha value is -3.00. The minimum absolute atomic E-state index is 0.0368. The van der Waals surface area contributed by atoms with Gasteiger partial charge in [-0.25, -0.2) is 0 Å².